The summed E-state index contributed by atoms with van der Waals surface area (Å²) >= 11 is 0. The third-order valence-corrected chi connectivity index (χ3v) is 28.9. The molecule has 0 radical (unpaired) electrons. The zero-order valence-electron chi connectivity index (χ0n) is 81.2. The van der Waals surface area contributed by atoms with Crippen LogP contribution in [0.5, 0.6) is 0 Å². The van der Waals surface area contributed by atoms with Crippen molar-refractivity contribution in [1.82, 2.24) is 0 Å². The SMILES string of the molecule is Cc1ccc(N(c2c(F)cc(-c3ccccc3)cc2-c2ccccc2)c2ccc3ccc4c(N(c5ccc(C)c(C)c5)c5c(F)cc(-c6ccccc6)cc5-c5ccccc5)ccc5ccc2c3c54)cc1C.Cc1cccc(C)c1N(c1c(F)cc(-c2ccccc2)cc1-c1ccccc1)c1ccc2ccc3c(N(c4c(C)cccc4C)c4c(F)cc(-c5ccccc5)cc4-c4ccccc4)ccc4ccc1c2c43. The molecular weight excluding hydrogens is 1770 g/mol. The van der Waals surface area contributed by atoms with Gasteiger partial charge in [0.2, 0.25) is 0 Å². The second-order valence-electron chi connectivity index (χ2n) is 37.9. The van der Waals surface area contributed by atoms with E-state index in [0.29, 0.717) is 22.7 Å². The predicted molar refractivity (Wildman–Crippen MR) is 600 cm³/mol. The van der Waals surface area contributed by atoms with Gasteiger partial charge in [0.05, 0.1) is 56.9 Å². The Morgan fingerprint density at radius 1 is 0.146 bits per heavy atom. The molecule has 144 heavy (non-hydrogen) atoms. The van der Waals surface area contributed by atoms with Crippen molar-refractivity contribution in [2.24, 2.45) is 0 Å². The molecule has 24 aromatic rings. The molecule has 0 spiro atoms. The Bertz CT molecular complexity index is 8450. The van der Waals surface area contributed by atoms with Gasteiger partial charge < -0.3 is 19.6 Å². The topological polar surface area (TPSA) is 13.0 Å². The van der Waals surface area contributed by atoms with E-state index >= 15 is 17.6 Å². The molecule has 692 valence electrons. The van der Waals surface area contributed by atoms with Crippen molar-refractivity contribution in [3.63, 3.8) is 0 Å². The van der Waals surface area contributed by atoms with Crippen molar-refractivity contribution in [1.29, 1.82) is 0 Å². The van der Waals surface area contributed by atoms with Crippen LogP contribution in [0.3, 0.4) is 0 Å². The summed E-state index contributed by atoms with van der Waals surface area (Å²) in [5.41, 5.74) is 31.1. The quantitative estimate of drug-likeness (QED) is 0.0557. The molecule has 0 unspecified atom stereocenters. The minimum atomic E-state index is -0.333. The first-order valence-corrected chi connectivity index (χ1v) is 49.1. The van der Waals surface area contributed by atoms with Crippen LogP contribution in [-0.4, -0.2) is 0 Å². The van der Waals surface area contributed by atoms with Crippen LogP contribution in [0.2, 0.25) is 0 Å². The van der Waals surface area contributed by atoms with Gasteiger partial charge in [-0.2, -0.15) is 0 Å². The number of benzene rings is 24. The van der Waals surface area contributed by atoms with E-state index in [4.69, 9.17) is 0 Å². The van der Waals surface area contributed by atoms with E-state index in [1.165, 1.54) is 0 Å². The number of anilines is 12. The van der Waals surface area contributed by atoms with E-state index in [0.717, 1.165) is 244 Å². The molecule has 0 amide bonds. The van der Waals surface area contributed by atoms with Crippen LogP contribution >= 0.6 is 0 Å². The van der Waals surface area contributed by atoms with Crippen LogP contribution < -0.4 is 19.6 Å². The highest BCUT2D eigenvalue weighted by atomic mass is 19.1. The lowest BCUT2D eigenvalue weighted by atomic mass is 9.90. The molecule has 0 aliphatic rings. The molecule has 0 saturated heterocycles. The van der Waals surface area contributed by atoms with Gasteiger partial charge in [0.1, 0.15) is 23.3 Å². The zero-order valence-corrected chi connectivity index (χ0v) is 81.2. The zero-order chi connectivity index (χ0) is 98.1. The fourth-order valence-electron chi connectivity index (χ4n) is 21.7. The molecule has 0 heterocycles. The number of aryl methyl sites for hydroxylation is 8. The third kappa shape index (κ3) is 16.3. The molecule has 4 nitrogen and oxygen atoms in total. The van der Waals surface area contributed by atoms with Crippen molar-refractivity contribution in [2.45, 2.75) is 55.4 Å². The molecule has 24 rings (SSSR count). The molecule has 24 aromatic carbocycles. The van der Waals surface area contributed by atoms with E-state index in [-0.39, 0.29) is 23.3 Å². The molecule has 0 aliphatic heterocycles. The van der Waals surface area contributed by atoms with Crippen LogP contribution in [0.1, 0.15) is 44.5 Å². The predicted octanol–water partition coefficient (Wildman–Crippen LogP) is 39.4. The molecule has 0 N–H and O–H groups in total. The maximum atomic E-state index is 17.9. The fourth-order valence-corrected chi connectivity index (χ4v) is 21.7. The minimum Gasteiger partial charge on any atom is -0.307 e. The summed E-state index contributed by atoms with van der Waals surface area (Å²) < 4.78 is 71.5. The highest BCUT2D eigenvalue weighted by molar-refractivity contribution is 6.30. The maximum absolute atomic E-state index is 17.9. The van der Waals surface area contributed by atoms with E-state index in [1.54, 1.807) is 24.3 Å². The molecule has 0 aromatic heterocycles. The maximum Gasteiger partial charge on any atom is 0.148 e. The van der Waals surface area contributed by atoms with Crippen LogP contribution in [0.25, 0.3) is 154 Å². The van der Waals surface area contributed by atoms with Gasteiger partial charge in [0.15, 0.2) is 0 Å². The lowest BCUT2D eigenvalue weighted by Gasteiger charge is -2.33. The Balaban J connectivity index is 0.000000159. The average Bonchev–Trinajstić information content (AvgIpc) is 0.710. The molecule has 0 saturated carbocycles. The molecule has 0 aliphatic carbocycles. The summed E-state index contributed by atoms with van der Waals surface area (Å²) in [5.74, 6) is -1.32. The smallest absolute Gasteiger partial charge is 0.148 e. The number of para-hydroxylation sites is 2. The number of nitrogens with zero attached hydrogens (tertiary/aromatic N) is 4. The molecular formula is C136H100F4N4. The highest BCUT2D eigenvalue weighted by Crippen LogP contribution is 2.57. The largest absolute Gasteiger partial charge is 0.307 e. The lowest BCUT2D eigenvalue weighted by molar-refractivity contribution is 0.629. The third-order valence-electron chi connectivity index (χ3n) is 28.9. The second kappa shape index (κ2) is 37.8. The summed E-state index contributed by atoms with van der Waals surface area (Å²) in [5, 5.41) is 12.3. The van der Waals surface area contributed by atoms with E-state index in [1.807, 2.05) is 194 Å². The Morgan fingerprint density at radius 2 is 0.354 bits per heavy atom. The van der Waals surface area contributed by atoms with Crippen molar-refractivity contribution in [3.8, 4) is 89.0 Å². The number of halogens is 4. The Kier molecular flexibility index (Phi) is 23.7. The molecule has 8 heteroatoms. The summed E-state index contributed by atoms with van der Waals surface area (Å²) in [4.78, 5) is 8.54. The minimum absolute atomic E-state index is 0.329. The second-order valence-corrected chi connectivity index (χ2v) is 37.9. The summed E-state index contributed by atoms with van der Waals surface area (Å²) in [6.07, 6.45) is 0. The molecule has 0 atom stereocenters. The van der Waals surface area contributed by atoms with E-state index < -0.39 is 0 Å². The van der Waals surface area contributed by atoms with Gasteiger partial charge in [0.25, 0.3) is 0 Å². The Hall–Kier alpha value is -17.7. The Labute approximate surface area is 837 Å². The van der Waals surface area contributed by atoms with Crippen molar-refractivity contribution < 1.29 is 17.6 Å². The van der Waals surface area contributed by atoms with Crippen LogP contribution in [0.4, 0.5) is 85.8 Å². The normalized spacial score (nSPS) is 11.5. The number of hydrogen-bond donors (Lipinski definition) is 0. The van der Waals surface area contributed by atoms with Gasteiger partial charge in [0, 0.05) is 55.2 Å². The van der Waals surface area contributed by atoms with E-state index in [9.17, 15) is 0 Å². The fraction of sp³-hybridized carbons (Fsp3) is 0.0588. The summed E-state index contributed by atoms with van der Waals surface area (Å²) in [6.45, 7) is 16.8. The number of rotatable bonds is 20. The molecule has 0 fully saturated rings. The van der Waals surface area contributed by atoms with Gasteiger partial charge in [-0.15, -0.1) is 0 Å². The summed E-state index contributed by atoms with van der Waals surface area (Å²) in [7, 11) is 0. The van der Waals surface area contributed by atoms with Gasteiger partial charge in [-0.05, 0) is 307 Å². The van der Waals surface area contributed by atoms with Crippen LogP contribution in [0, 0.1) is 78.7 Å². The standard InChI is InChI=1S/2C68H50F2N2/c1-43-19-17-20-44(2)65(43)71(67-57(49-27-13-7-14-28-49)39-53(41-59(67)69)47-23-9-5-10-24-47)61-37-33-51-32-36-56-62(38-34-52-31-35-55(61)63(51)64(52)56)72(66-45(3)21-18-22-46(66)4)68-58(50-29-15-8-16-30-50)40-54(42-60(68)70)48-25-11-6-12-26-48;1-43-25-31-55(37-45(43)3)71(67-59(49-21-13-7-14-22-49)39-53(41-61(67)69)47-17-9-5-10-18-47)63-35-29-51-28-34-58-64(36-30-52-27-33-57(63)65(51)66(52)58)72(56-32-26-44(2)46(4)38-56)68-60(50-23-15-8-16-24-50)40-54(42-62(68)70)48-19-11-6-12-20-48/h2*5-42H,1-4H3. The molecule has 0 bridgehead atoms. The highest BCUT2D eigenvalue weighted by Gasteiger charge is 2.34. The van der Waals surface area contributed by atoms with Crippen molar-refractivity contribution >= 4 is 133 Å². The van der Waals surface area contributed by atoms with Gasteiger partial charge >= 0.3 is 0 Å². The van der Waals surface area contributed by atoms with Gasteiger partial charge in [-0.25, -0.2) is 17.6 Å². The average molecular weight is 1870 g/mol. The van der Waals surface area contributed by atoms with Gasteiger partial charge in [-0.3, -0.25) is 0 Å². The van der Waals surface area contributed by atoms with E-state index in [2.05, 4.69) is 318 Å². The van der Waals surface area contributed by atoms with Crippen molar-refractivity contribution in [2.75, 3.05) is 19.6 Å². The lowest BCUT2D eigenvalue weighted by Crippen LogP contribution is -2.17. The van der Waals surface area contributed by atoms with Crippen LogP contribution in [0.15, 0.2) is 461 Å². The van der Waals surface area contributed by atoms with Crippen molar-refractivity contribution in [3.05, 3.63) is 529 Å². The first-order chi connectivity index (χ1) is 70.4. The Morgan fingerprint density at radius 3 is 0.583 bits per heavy atom. The first kappa shape index (κ1) is 90.1. The monoisotopic (exact) mass is 1860 g/mol. The van der Waals surface area contributed by atoms with Gasteiger partial charge in [-0.1, -0.05) is 364 Å². The van der Waals surface area contributed by atoms with Crippen LogP contribution in [-0.2, 0) is 0 Å². The summed E-state index contributed by atoms with van der Waals surface area (Å²) in [6, 6.07) is 156. The number of hydrogen-bond acceptors (Lipinski definition) is 4. The first-order valence-electron chi connectivity index (χ1n) is 49.1.